The van der Waals surface area contributed by atoms with E-state index in [0.29, 0.717) is 11.6 Å². The normalized spacial score (nSPS) is 22.9. The highest BCUT2D eigenvalue weighted by Crippen LogP contribution is 2.36. The number of nitrogens with zero attached hydrogens (tertiary/aromatic N) is 1. The fourth-order valence-electron chi connectivity index (χ4n) is 3.08. The Morgan fingerprint density at radius 2 is 2.00 bits per heavy atom. The zero-order chi connectivity index (χ0) is 15.6. The van der Waals surface area contributed by atoms with Gasteiger partial charge in [-0.1, -0.05) is 19.8 Å². The van der Waals surface area contributed by atoms with Crippen LogP contribution in [0.2, 0.25) is 0 Å². The lowest BCUT2D eigenvalue weighted by molar-refractivity contribution is -0.137. The number of anilines is 1. The molecule has 2 atom stereocenters. The van der Waals surface area contributed by atoms with Gasteiger partial charge in [-0.15, -0.1) is 0 Å². The molecular weight excluding hydrogens is 279 g/mol. The van der Waals surface area contributed by atoms with Crippen molar-refractivity contribution in [2.24, 2.45) is 5.92 Å². The highest BCUT2D eigenvalue weighted by Gasteiger charge is 2.34. The molecule has 1 aliphatic rings. The molecule has 0 amide bonds. The molecule has 1 aromatic carbocycles. The van der Waals surface area contributed by atoms with Gasteiger partial charge in [0.2, 0.25) is 0 Å². The van der Waals surface area contributed by atoms with Crippen LogP contribution in [-0.2, 0) is 6.18 Å². The Balaban J connectivity index is 2.29. The van der Waals surface area contributed by atoms with Crippen LogP contribution in [-0.4, -0.2) is 19.4 Å². The van der Waals surface area contributed by atoms with Gasteiger partial charge in [-0.25, -0.2) is 0 Å². The van der Waals surface area contributed by atoms with Gasteiger partial charge in [0.1, 0.15) is 0 Å². The first-order valence-corrected chi connectivity index (χ1v) is 7.22. The van der Waals surface area contributed by atoms with Gasteiger partial charge in [0, 0.05) is 24.3 Å². The van der Waals surface area contributed by atoms with Crippen molar-refractivity contribution in [3.63, 3.8) is 0 Å². The van der Waals surface area contributed by atoms with Gasteiger partial charge >= 0.3 is 6.18 Å². The van der Waals surface area contributed by atoms with Gasteiger partial charge in [-0.05, 0) is 37.0 Å². The molecule has 2 unspecified atom stereocenters. The molecule has 1 aliphatic carbocycles. The lowest BCUT2D eigenvalue weighted by Crippen LogP contribution is -2.35. The number of alkyl halides is 3. The number of carbonyl (C=O) groups excluding carboxylic acids is 1. The summed E-state index contributed by atoms with van der Waals surface area (Å²) >= 11 is 0. The molecule has 0 saturated heterocycles. The quantitative estimate of drug-likeness (QED) is 0.764. The van der Waals surface area contributed by atoms with Crippen LogP contribution in [0.3, 0.4) is 0 Å². The first-order valence-electron chi connectivity index (χ1n) is 7.22. The smallest absolute Gasteiger partial charge is 0.372 e. The van der Waals surface area contributed by atoms with Crippen molar-refractivity contribution >= 4 is 12.0 Å². The standard InChI is InChI=1S/C16H20F3NO/c1-11-4-3-5-13(8-11)20(2)14-7-6-12(10-21)15(9-14)16(17,18)19/h6-7,9-11,13H,3-5,8H2,1-2H3. The van der Waals surface area contributed by atoms with Crippen LogP contribution in [0.15, 0.2) is 18.2 Å². The van der Waals surface area contributed by atoms with E-state index in [2.05, 4.69) is 6.92 Å². The second-order valence-electron chi connectivity index (χ2n) is 5.92. The van der Waals surface area contributed by atoms with Gasteiger partial charge in [-0.2, -0.15) is 13.2 Å². The van der Waals surface area contributed by atoms with Crippen molar-refractivity contribution in [1.82, 2.24) is 0 Å². The van der Waals surface area contributed by atoms with Crippen molar-refractivity contribution < 1.29 is 18.0 Å². The van der Waals surface area contributed by atoms with E-state index in [9.17, 15) is 18.0 Å². The highest BCUT2D eigenvalue weighted by molar-refractivity contribution is 5.79. The zero-order valence-electron chi connectivity index (χ0n) is 12.3. The summed E-state index contributed by atoms with van der Waals surface area (Å²) in [5.74, 6) is 0.600. The summed E-state index contributed by atoms with van der Waals surface area (Å²) in [5, 5.41) is 0. The van der Waals surface area contributed by atoms with Crippen molar-refractivity contribution in [1.29, 1.82) is 0 Å². The molecule has 1 saturated carbocycles. The Morgan fingerprint density at radius 1 is 1.29 bits per heavy atom. The van der Waals surface area contributed by atoms with Crippen molar-refractivity contribution in [2.45, 2.75) is 44.8 Å². The summed E-state index contributed by atoms with van der Waals surface area (Å²) in [6.45, 7) is 2.18. The second kappa shape index (κ2) is 6.08. The van der Waals surface area contributed by atoms with Crippen LogP contribution in [0.4, 0.5) is 18.9 Å². The maximum atomic E-state index is 13.0. The highest BCUT2D eigenvalue weighted by atomic mass is 19.4. The molecule has 0 bridgehead atoms. The average molecular weight is 299 g/mol. The van der Waals surface area contributed by atoms with E-state index in [1.807, 2.05) is 11.9 Å². The molecule has 2 nitrogen and oxygen atoms in total. The lowest BCUT2D eigenvalue weighted by Gasteiger charge is -2.36. The van der Waals surface area contributed by atoms with E-state index in [1.165, 1.54) is 12.5 Å². The summed E-state index contributed by atoms with van der Waals surface area (Å²) in [4.78, 5) is 12.7. The Bertz CT molecular complexity index is 513. The van der Waals surface area contributed by atoms with Gasteiger partial charge < -0.3 is 4.90 Å². The second-order valence-corrected chi connectivity index (χ2v) is 5.92. The molecule has 0 spiro atoms. The minimum absolute atomic E-state index is 0.259. The maximum Gasteiger partial charge on any atom is 0.417 e. The Labute approximate surface area is 122 Å². The molecule has 5 heteroatoms. The third-order valence-corrected chi connectivity index (χ3v) is 4.33. The molecule has 0 heterocycles. The number of hydrogen-bond acceptors (Lipinski definition) is 2. The molecule has 0 N–H and O–H groups in total. The fraction of sp³-hybridized carbons (Fsp3) is 0.562. The van der Waals surface area contributed by atoms with Crippen LogP contribution in [0.1, 0.15) is 48.5 Å². The molecule has 0 aliphatic heterocycles. The third-order valence-electron chi connectivity index (χ3n) is 4.33. The average Bonchev–Trinajstić information content (AvgIpc) is 2.45. The van der Waals surface area contributed by atoms with Gasteiger partial charge in [-0.3, -0.25) is 4.79 Å². The molecule has 1 aromatic rings. The number of halogens is 3. The largest absolute Gasteiger partial charge is 0.417 e. The number of hydrogen-bond donors (Lipinski definition) is 0. The monoisotopic (exact) mass is 299 g/mol. The first-order chi connectivity index (χ1) is 9.82. The molecule has 0 radical (unpaired) electrons. The number of carbonyl (C=O) groups is 1. The molecule has 116 valence electrons. The van der Waals surface area contributed by atoms with E-state index in [4.69, 9.17) is 0 Å². The van der Waals surface area contributed by atoms with Crippen molar-refractivity contribution in [3.8, 4) is 0 Å². The van der Waals surface area contributed by atoms with Crippen LogP contribution in [0.5, 0.6) is 0 Å². The predicted molar refractivity (Wildman–Crippen MR) is 76.7 cm³/mol. The number of benzene rings is 1. The van der Waals surface area contributed by atoms with Crippen LogP contribution in [0.25, 0.3) is 0 Å². The van der Waals surface area contributed by atoms with Crippen molar-refractivity contribution in [2.75, 3.05) is 11.9 Å². The third kappa shape index (κ3) is 3.57. The first kappa shape index (κ1) is 15.9. The zero-order valence-corrected chi connectivity index (χ0v) is 12.3. The maximum absolute atomic E-state index is 13.0. The molecule has 1 fully saturated rings. The molecular formula is C16H20F3NO. The molecule has 0 aromatic heterocycles. The van der Waals surface area contributed by atoms with E-state index in [0.717, 1.165) is 25.3 Å². The Morgan fingerprint density at radius 3 is 2.57 bits per heavy atom. The number of aldehydes is 1. The van der Waals surface area contributed by atoms with E-state index < -0.39 is 11.7 Å². The van der Waals surface area contributed by atoms with Crippen molar-refractivity contribution in [3.05, 3.63) is 29.3 Å². The van der Waals surface area contributed by atoms with Gasteiger partial charge in [0.05, 0.1) is 5.56 Å². The summed E-state index contributed by atoms with van der Waals surface area (Å²) in [6.07, 6.45) is 0.0318. The fourth-order valence-corrected chi connectivity index (χ4v) is 3.08. The van der Waals surface area contributed by atoms with Crippen LogP contribution in [0, 0.1) is 5.92 Å². The summed E-state index contributed by atoms with van der Waals surface area (Å²) in [6, 6.07) is 4.20. The summed E-state index contributed by atoms with van der Waals surface area (Å²) in [5.41, 5.74) is -0.644. The van der Waals surface area contributed by atoms with E-state index in [-0.39, 0.29) is 17.9 Å². The minimum atomic E-state index is -4.51. The molecule has 21 heavy (non-hydrogen) atoms. The topological polar surface area (TPSA) is 20.3 Å². The molecule has 2 rings (SSSR count). The Hall–Kier alpha value is -1.52. The van der Waals surface area contributed by atoms with Crippen LogP contribution < -0.4 is 4.90 Å². The van der Waals surface area contributed by atoms with Crippen LogP contribution >= 0.6 is 0 Å². The minimum Gasteiger partial charge on any atom is -0.372 e. The number of rotatable bonds is 3. The van der Waals surface area contributed by atoms with Gasteiger partial charge in [0.15, 0.2) is 6.29 Å². The van der Waals surface area contributed by atoms with E-state index >= 15 is 0 Å². The Kier molecular flexibility index (Phi) is 4.59. The lowest BCUT2D eigenvalue weighted by atomic mass is 9.86. The predicted octanol–water partition coefficient (Wildman–Crippen LogP) is 4.53. The summed E-state index contributed by atoms with van der Waals surface area (Å²) < 4.78 is 39.0. The summed E-state index contributed by atoms with van der Waals surface area (Å²) in [7, 11) is 1.83. The van der Waals surface area contributed by atoms with Gasteiger partial charge in [0.25, 0.3) is 0 Å². The van der Waals surface area contributed by atoms with E-state index in [1.54, 1.807) is 6.07 Å². The SMILES string of the molecule is CC1CCCC(N(C)c2ccc(C=O)c(C(F)(F)F)c2)C1.